The molecule has 0 nitrogen and oxygen atoms in total. The zero-order valence-electron chi connectivity index (χ0n) is 11.7. The van der Waals surface area contributed by atoms with Crippen LogP contribution in [0.4, 0.5) is 0 Å². The van der Waals surface area contributed by atoms with E-state index in [1.54, 1.807) is 0 Å². The summed E-state index contributed by atoms with van der Waals surface area (Å²) < 4.78 is 0. The molecule has 0 unspecified atom stereocenters. The van der Waals surface area contributed by atoms with Gasteiger partial charge in [0.1, 0.15) is 0 Å². The fourth-order valence-corrected chi connectivity index (χ4v) is 3.12. The van der Waals surface area contributed by atoms with Crippen LogP contribution in [0.3, 0.4) is 0 Å². The van der Waals surface area contributed by atoms with Gasteiger partial charge in [-0.25, -0.2) is 0 Å². The van der Waals surface area contributed by atoms with E-state index in [1.165, 1.54) is 27.8 Å². The molecule has 0 heterocycles. The molecule has 0 saturated heterocycles. The number of aryl methyl sites for hydroxylation is 1. The van der Waals surface area contributed by atoms with Crippen LogP contribution in [0.15, 0.2) is 49.1 Å². The summed E-state index contributed by atoms with van der Waals surface area (Å²) in [5.74, 6) is 0. The molecule has 0 bridgehead atoms. The Kier molecular flexibility index (Phi) is 3.30. The molecule has 0 heteroatoms. The van der Waals surface area contributed by atoms with Crippen molar-refractivity contribution in [3.63, 3.8) is 0 Å². The summed E-state index contributed by atoms with van der Waals surface area (Å²) in [6.45, 7) is 14.7. The van der Waals surface area contributed by atoms with E-state index in [0.717, 1.165) is 12.8 Å². The maximum atomic E-state index is 4.02. The summed E-state index contributed by atoms with van der Waals surface area (Å²) in [6.07, 6.45) is 6.13. The topological polar surface area (TPSA) is 0 Å². The Balaban J connectivity index is 2.64. The average molecular weight is 238 g/mol. The average Bonchev–Trinajstić information content (AvgIpc) is 2.56. The predicted molar refractivity (Wildman–Crippen MR) is 80.8 cm³/mol. The first kappa shape index (κ1) is 12.9. The van der Waals surface area contributed by atoms with Crippen molar-refractivity contribution < 1.29 is 0 Å². The third-order valence-electron chi connectivity index (χ3n) is 4.10. The Morgan fingerprint density at radius 2 is 1.94 bits per heavy atom. The molecule has 1 aliphatic rings. The highest BCUT2D eigenvalue weighted by molar-refractivity contribution is 5.87. The molecule has 94 valence electrons. The minimum Gasteiger partial charge on any atom is -0.103 e. The summed E-state index contributed by atoms with van der Waals surface area (Å²) in [5, 5.41) is 0. The van der Waals surface area contributed by atoms with Crippen LogP contribution in [0.25, 0.3) is 5.57 Å². The van der Waals surface area contributed by atoms with Crippen molar-refractivity contribution in [1.29, 1.82) is 0 Å². The van der Waals surface area contributed by atoms with Gasteiger partial charge in [0.15, 0.2) is 0 Å². The number of fused-ring (bicyclic) bond motifs is 1. The molecule has 2 rings (SSSR count). The minimum absolute atomic E-state index is 0.119. The van der Waals surface area contributed by atoms with Crippen molar-refractivity contribution in [3.05, 3.63) is 65.8 Å². The largest absolute Gasteiger partial charge is 0.103 e. The van der Waals surface area contributed by atoms with Crippen molar-refractivity contribution in [3.8, 4) is 0 Å². The molecular formula is C18H22. The molecule has 1 aromatic carbocycles. The Morgan fingerprint density at radius 1 is 1.22 bits per heavy atom. The first-order valence-corrected chi connectivity index (χ1v) is 6.61. The van der Waals surface area contributed by atoms with Gasteiger partial charge in [-0.1, -0.05) is 56.4 Å². The van der Waals surface area contributed by atoms with Crippen LogP contribution < -0.4 is 0 Å². The SMILES string of the molecule is C=CCCC1=C(C=C)c2c(C)cccc2C1(C)C. The molecular weight excluding hydrogens is 216 g/mol. The predicted octanol–water partition coefficient (Wildman–Crippen LogP) is 5.19. The van der Waals surface area contributed by atoms with Crippen LogP contribution in [-0.2, 0) is 5.41 Å². The molecule has 0 aliphatic heterocycles. The van der Waals surface area contributed by atoms with Crippen LogP contribution >= 0.6 is 0 Å². The van der Waals surface area contributed by atoms with E-state index < -0.39 is 0 Å². The van der Waals surface area contributed by atoms with Crippen LogP contribution in [0.5, 0.6) is 0 Å². The van der Waals surface area contributed by atoms with E-state index in [0.29, 0.717) is 0 Å². The van der Waals surface area contributed by atoms with Gasteiger partial charge in [0, 0.05) is 5.41 Å². The zero-order valence-corrected chi connectivity index (χ0v) is 11.7. The van der Waals surface area contributed by atoms with Gasteiger partial charge in [-0.05, 0) is 42.0 Å². The van der Waals surface area contributed by atoms with Crippen molar-refractivity contribution in [2.75, 3.05) is 0 Å². The van der Waals surface area contributed by atoms with Crippen LogP contribution in [0.2, 0.25) is 0 Å². The molecule has 0 spiro atoms. The highest BCUT2D eigenvalue weighted by Gasteiger charge is 2.36. The number of hydrogen-bond acceptors (Lipinski definition) is 0. The highest BCUT2D eigenvalue weighted by atomic mass is 14.4. The molecule has 1 aromatic rings. The van der Waals surface area contributed by atoms with Gasteiger partial charge in [-0.15, -0.1) is 6.58 Å². The molecule has 0 fully saturated rings. The quantitative estimate of drug-likeness (QED) is 0.633. The Bertz CT molecular complexity index is 527. The van der Waals surface area contributed by atoms with E-state index in [2.05, 4.69) is 52.1 Å². The second kappa shape index (κ2) is 4.61. The van der Waals surface area contributed by atoms with Crippen LogP contribution in [-0.4, -0.2) is 0 Å². The fourth-order valence-electron chi connectivity index (χ4n) is 3.12. The first-order valence-electron chi connectivity index (χ1n) is 6.61. The van der Waals surface area contributed by atoms with E-state index in [4.69, 9.17) is 0 Å². The molecule has 1 aliphatic carbocycles. The standard InChI is InChI=1S/C18H22/c1-6-8-11-15-14(7-2)17-13(3)10-9-12-16(17)18(15,4)5/h6-7,9-10,12H,1-2,8,11H2,3-5H3. The lowest BCUT2D eigenvalue weighted by Gasteiger charge is -2.24. The smallest absolute Gasteiger partial charge is 0.0121 e. The third-order valence-corrected chi connectivity index (χ3v) is 4.10. The lowest BCUT2D eigenvalue weighted by atomic mass is 9.79. The van der Waals surface area contributed by atoms with E-state index in [9.17, 15) is 0 Å². The monoisotopic (exact) mass is 238 g/mol. The second-order valence-electron chi connectivity index (χ2n) is 5.55. The third kappa shape index (κ3) is 1.77. The zero-order chi connectivity index (χ0) is 13.3. The van der Waals surface area contributed by atoms with Gasteiger partial charge < -0.3 is 0 Å². The van der Waals surface area contributed by atoms with Gasteiger partial charge in [0.05, 0.1) is 0 Å². The summed E-state index contributed by atoms with van der Waals surface area (Å²) in [4.78, 5) is 0. The van der Waals surface area contributed by atoms with Crippen LogP contribution in [0, 0.1) is 6.92 Å². The van der Waals surface area contributed by atoms with Crippen molar-refractivity contribution in [2.24, 2.45) is 0 Å². The Labute approximate surface area is 111 Å². The van der Waals surface area contributed by atoms with Crippen molar-refractivity contribution in [1.82, 2.24) is 0 Å². The van der Waals surface area contributed by atoms with Gasteiger partial charge in [-0.3, -0.25) is 0 Å². The number of rotatable bonds is 4. The number of benzene rings is 1. The van der Waals surface area contributed by atoms with Gasteiger partial charge in [0.25, 0.3) is 0 Å². The highest BCUT2D eigenvalue weighted by Crippen LogP contribution is 2.49. The normalized spacial score (nSPS) is 16.6. The lowest BCUT2D eigenvalue weighted by molar-refractivity contribution is 0.609. The van der Waals surface area contributed by atoms with E-state index >= 15 is 0 Å². The second-order valence-corrected chi connectivity index (χ2v) is 5.55. The molecule has 18 heavy (non-hydrogen) atoms. The number of allylic oxidation sites excluding steroid dienone is 4. The molecule has 0 N–H and O–H groups in total. The summed E-state index contributed by atoms with van der Waals surface area (Å²) in [6, 6.07) is 6.61. The summed E-state index contributed by atoms with van der Waals surface area (Å²) in [7, 11) is 0. The van der Waals surface area contributed by atoms with Gasteiger partial charge >= 0.3 is 0 Å². The van der Waals surface area contributed by atoms with Gasteiger partial charge in [0.2, 0.25) is 0 Å². The molecule has 0 atom stereocenters. The van der Waals surface area contributed by atoms with Gasteiger partial charge in [-0.2, -0.15) is 0 Å². The maximum absolute atomic E-state index is 4.02. The molecule has 0 aromatic heterocycles. The molecule has 0 saturated carbocycles. The number of hydrogen-bond donors (Lipinski definition) is 0. The first-order chi connectivity index (χ1) is 8.54. The molecule has 0 radical (unpaired) electrons. The van der Waals surface area contributed by atoms with E-state index in [1.807, 2.05) is 12.2 Å². The maximum Gasteiger partial charge on any atom is 0.0121 e. The minimum atomic E-state index is 0.119. The van der Waals surface area contributed by atoms with Crippen LogP contribution in [0.1, 0.15) is 43.4 Å². The lowest BCUT2D eigenvalue weighted by Crippen LogP contribution is -2.17. The van der Waals surface area contributed by atoms with Crippen molar-refractivity contribution in [2.45, 2.75) is 39.0 Å². The molecule has 0 amide bonds. The summed E-state index contributed by atoms with van der Waals surface area (Å²) in [5.41, 5.74) is 7.15. The Hall–Kier alpha value is -1.56. The summed E-state index contributed by atoms with van der Waals surface area (Å²) >= 11 is 0. The Morgan fingerprint density at radius 3 is 2.56 bits per heavy atom. The van der Waals surface area contributed by atoms with E-state index in [-0.39, 0.29) is 5.41 Å². The van der Waals surface area contributed by atoms with Crippen molar-refractivity contribution >= 4 is 5.57 Å². The fraction of sp³-hybridized carbons (Fsp3) is 0.333.